The number of nitro groups is 1. The number of morpholine rings is 1. The van der Waals surface area contributed by atoms with Crippen molar-refractivity contribution < 1.29 is 22.5 Å². The van der Waals surface area contributed by atoms with E-state index in [1.165, 1.54) is 40.3 Å². The number of nitrogens with zero attached hydrogens (tertiary/aromatic N) is 7. The van der Waals surface area contributed by atoms with Crippen LogP contribution in [0.3, 0.4) is 0 Å². The third-order valence-corrected chi connectivity index (χ3v) is 11.2. The number of hydrogen-bond acceptors (Lipinski definition) is 9. The van der Waals surface area contributed by atoms with Crippen LogP contribution in [0.4, 0.5) is 10.1 Å². The first-order valence-electron chi connectivity index (χ1n) is 15.4. The van der Waals surface area contributed by atoms with Gasteiger partial charge in [-0.3, -0.25) is 19.2 Å². The van der Waals surface area contributed by atoms with Gasteiger partial charge in [0.1, 0.15) is 11.6 Å². The Balaban J connectivity index is 1.29. The van der Waals surface area contributed by atoms with E-state index in [1.54, 1.807) is 36.4 Å². The van der Waals surface area contributed by atoms with E-state index in [4.69, 9.17) is 9.72 Å². The highest BCUT2D eigenvalue weighted by atomic mass is 32.2. The third kappa shape index (κ3) is 6.45. The van der Waals surface area contributed by atoms with Gasteiger partial charge in [0.05, 0.1) is 45.9 Å². The second-order valence-electron chi connectivity index (χ2n) is 11.4. The predicted molar refractivity (Wildman–Crippen MR) is 183 cm³/mol. The number of nitro benzene ring substituents is 1. The monoisotopic (exact) mass is 699 g/mol. The van der Waals surface area contributed by atoms with E-state index in [0.717, 1.165) is 5.56 Å². The van der Waals surface area contributed by atoms with E-state index < -0.39 is 20.8 Å². The van der Waals surface area contributed by atoms with E-state index in [2.05, 4.69) is 10.2 Å². The molecule has 6 aromatic rings. The summed E-state index contributed by atoms with van der Waals surface area (Å²) in [5.41, 5.74) is 3.19. The summed E-state index contributed by atoms with van der Waals surface area (Å²) < 4.78 is 51.5. The molecule has 1 atom stereocenters. The molecule has 1 saturated heterocycles. The molecule has 0 radical (unpaired) electrons. The Morgan fingerprint density at radius 1 is 0.959 bits per heavy atom. The van der Waals surface area contributed by atoms with Crippen molar-refractivity contribution in [2.75, 3.05) is 26.3 Å². The lowest BCUT2D eigenvalue weighted by atomic mass is 10.1. The number of ether oxygens (including phenoxy) is 1. The zero-order valence-electron chi connectivity index (χ0n) is 26.2. The SMILES string of the molecule is CC(c1ccccc1)n1c(SCc2nc3cc([N+](=O)[O-])ccc3n2-c2ccc(F)cc2)nnc1-c1cccc(S(=O)(=O)N2CCOCC2)c1. The topological polar surface area (TPSA) is 138 Å². The minimum Gasteiger partial charge on any atom is -0.379 e. The van der Waals surface area contributed by atoms with Gasteiger partial charge in [0, 0.05) is 36.5 Å². The fourth-order valence-corrected chi connectivity index (χ4v) is 8.26. The highest BCUT2D eigenvalue weighted by Crippen LogP contribution is 2.35. The summed E-state index contributed by atoms with van der Waals surface area (Å²) in [6.45, 7) is 3.27. The van der Waals surface area contributed by atoms with E-state index in [0.29, 0.717) is 52.3 Å². The molecule has 0 amide bonds. The van der Waals surface area contributed by atoms with Crippen molar-refractivity contribution in [3.8, 4) is 17.1 Å². The first kappa shape index (κ1) is 32.6. The number of non-ortho nitro benzene ring substituents is 1. The average molecular weight is 700 g/mol. The standard InChI is InChI=1S/C34H30FN7O5S2/c1-23(24-6-3-2-4-7-24)40-33(25-8-5-9-29(20-25)49(45,46)39-16-18-47-19-17-39)37-38-34(40)48-22-32-36-30-21-28(42(43)44)14-15-31(30)41(32)27-12-10-26(35)11-13-27/h2-15,20-21,23H,16-19,22H2,1H3. The summed E-state index contributed by atoms with van der Waals surface area (Å²) in [5, 5.41) is 21.2. The Morgan fingerprint density at radius 3 is 2.45 bits per heavy atom. The fraction of sp³-hybridized carbons (Fsp3) is 0.206. The Labute approximate surface area is 285 Å². The maximum absolute atomic E-state index is 13.9. The number of benzene rings is 4. The molecule has 7 rings (SSSR count). The molecule has 1 aliphatic rings. The van der Waals surface area contributed by atoms with Crippen LogP contribution in [-0.2, 0) is 20.5 Å². The fourth-order valence-electron chi connectivity index (χ4n) is 5.87. The van der Waals surface area contributed by atoms with Gasteiger partial charge in [-0.15, -0.1) is 10.2 Å². The summed E-state index contributed by atoms with van der Waals surface area (Å²) in [4.78, 5) is 16.0. The third-order valence-electron chi connectivity index (χ3n) is 8.37. The van der Waals surface area contributed by atoms with Gasteiger partial charge in [0.15, 0.2) is 11.0 Å². The lowest BCUT2D eigenvalue weighted by molar-refractivity contribution is -0.384. The zero-order valence-corrected chi connectivity index (χ0v) is 27.8. The molecule has 1 fully saturated rings. The molecule has 250 valence electrons. The second kappa shape index (κ2) is 13.5. The molecule has 12 nitrogen and oxygen atoms in total. The number of hydrogen-bond donors (Lipinski definition) is 0. The number of aromatic nitrogens is 5. The van der Waals surface area contributed by atoms with Crippen molar-refractivity contribution in [2.45, 2.75) is 28.8 Å². The van der Waals surface area contributed by atoms with Gasteiger partial charge in [0.25, 0.3) is 5.69 Å². The predicted octanol–water partition coefficient (Wildman–Crippen LogP) is 6.25. The molecule has 2 aromatic heterocycles. The van der Waals surface area contributed by atoms with E-state index in [9.17, 15) is 22.9 Å². The van der Waals surface area contributed by atoms with Crippen molar-refractivity contribution in [2.24, 2.45) is 0 Å². The highest BCUT2D eigenvalue weighted by Gasteiger charge is 2.28. The Bertz CT molecular complexity index is 2250. The molecular formula is C34H30FN7O5S2. The van der Waals surface area contributed by atoms with Crippen molar-refractivity contribution in [1.29, 1.82) is 0 Å². The van der Waals surface area contributed by atoms with Crippen LogP contribution < -0.4 is 0 Å². The van der Waals surface area contributed by atoms with Gasteiger partial charge in [-0.05, 0) is 55.0 Å². The van der Waals surface area contributed by atoms with E-state index in [-0.39, 0.29) is 35.5 Å². The van der Waals surface area contributed by atoms with Gasteiger partial charge in [-0.1, -0.05) is 54.2 Å². The summed E-state index contributed by atoms with van der Waals surface area (Å²) in [7, 11) is -3.76. The summed E-state index contributed by atoms with van der Waals surface area (Å²) in [6, 6.07) is 26.7. The minimum atomic E-state index is -3.76. The second-order valence-corrected chi connectivity index (χ2v) is 14.2. The first-order chi connectivity index (χ1) is 23.7. The van der Waals surface area contributed by atoms with Crippen LogP contribution in [-0.4, -0.2) is 68.3 Å². The lowest BCUT2D eigenvalue weighted by Gasteiger charge is -2.26. The van der Waals surface area contributed by atoms with Crippen LogP contribution in [0.2, 0.25) is 0 Å². The maximum atomic E-state index is 13.9. The normalized spacial score (nSPS) is 14.7. The molecular weight excluding hydrogens is 670 g/mol. The van der Waals surface area contributed by atoms with Gasteiger partial charge >= 0.3 is 0 Å². The maximum Gasteiger partial charge on any atom is 0.271 e. The number of thioether (sulfide) groups is 1. The minimum absolute atomic E-state index is 0.0885. The van der Waals surface area contributed by atoms with Gasteiger partial charge < -0.3 is 4.74 Å². The molecule has 3 heterocycles. The van der Waals surface area contributed by atoms with Crippen LogP contribution in [0.15, 0.2) is 107 Å². The largest absolute Gasteiger partial charge is 0.379 e. The Hall–Kier alpha value is -4.96. The van der Waals surface area contributed by atoms with E-state index in [1.807, 2.05) is 52.5 Å². The summed E-state index contributed by atoms with van der Waals surface area (Å²) in [5.74, 6) is 0.942. The van der Waals surface area contributed by atoms with Crippen molar-refractivity contribution in [3.63, 3.8) is 0 Å². The quantitative estimate of drug-likeness (QED) is 0.0922. The van der Waals surface area contributed by atoms with Crippen LogP contribution >= 0.6 is 11.8 Å². The van der Waals surface area contributed by atoms with Crippen LogP contribution in [0.25, 0.3) is 28.1 Å². The molecule has 1 unspecified atom stereocenters. The molecule has 0 spiro atoms. The molecule has 0 N–H and O–H groups in total. The number of rotatable bonds is 10. The molecule has 4 aromatic carbocycles. The van der Waals surface area contributed by atoms with Crippen LogP contribution in [0, 0.1) is 15.9 Å². The van der Waals surface area contributed by atoms with Crippen molar-refractivity contribution >= 4 is 38.5 Å². The van der Waals surface area contributed by atoms with Crippen LogP contribution in [0.5, 0.6) is 0 Å². The smallest absolute Gasteiger partial charge is 0.271 e. The number of sulfonamides is 1. The zero-order chi connectivity index (χ0) is 34.1. The molecule has 15 heteroatoms. The molecule has 49 heavy (non-hydrogen) atoms. The van der Waals surface area contributed by atoms with Crippen molar-refractivity contribution in [1.82, 2.24) is 28.6 Å². The summed E-state index contributed by atoms with van der Waals surface area (Å²) >= 11 is 1.37. The van der Waals surface area contributed by atoms with Gasteiger partial charge in [-0.25, -0.2) is 17.8 Å². The highest BCUT2D eigenvalue weighted by molar-refractivity contribution is 7.98. The lowest BCUT2D eigenvalue weighted by Crippen LogP contribution is -2.40. The average Bonchev–Trinajstić information content (AvgIpc) is 3.72. The molecule has 1 aliphatic heterocycles. The number of imidazole rings is 1. The molecule has 0 aliphatic carbocycles. The van der Waals surface area contributed by atoms with Gasteiger partial charge in [-0.2, -0.15) is 4.31 Å². The summed E-state index contributed by atoms with van der Waals surface area (Å²) in [6.07, 6.45) is 0. The Morgan fingerprint density at radius 2 is 1.71 bits per heavy atom. The van der Waals surface area contributed by atoms with Gasteiger partial charge in [0.2, 0.25) is 10.0 Å². The number of fused-ring (bicyclic) bond motifs is 1. The Kier molecular flexibility index (Phi) is 8.98. The van der Waals surface area contributed by atoms with Crippen LogP contribution in [0.1, 0.15) is 24.4 Å². The van der Waals surface area contributed by atoms with E-state index >= 15 is 0 Å². The number of halogens is 1. The molecule has 0 bridgehead atoms. The first-order valence-corrected chi connectivity index (χ1v) is 17.9. The van der Waals surface area contributed by atoms with Crippen molar-refractivity contribution in [3.05, 3.63) is 124 Å². The molecule has 0 saturated carbocycles.